The Labute approximate surface area is 111 Å². The standard InChI is InChI=1S/C16H25NO/c1-12-11-17(4)13(2)10-16(12,3)14-7-6-8-15(9-14)18-5/h6-9,12-13H,10-11H2,1-5H3. The van der Waals surface area contributed by atoms with Crippen LogP contribution >= 0.6 is 0 Å². The summed E-state index contributed by atoms with van der Waals surface area (Å²) in [5.41, 5.74) is 1.66. The number of methoxy groups -OCH3 is 1. The number of ether oxygens (including phenoxy) is 1. The van der Waals surface area contributed by atoms with Crippen LogP contribution in [0.2, 0.25) is 0 Å². The average Bonchev–Trinajstić information content (AvgIpc) is 2.36. The fourth-order valence-electron chi connectivity index (χ4n) is 3.16. The first kappa shape index (κ1) is 13.4. The second kappa shape index (κ2) is 4.93. The van der Waals surface area contributed by atoms with E-state index in [0.29, 0.717) is 12.0 Å². The van der Waals surface area contributed by atoms with E-state index < -0.39 is 0 Å². The number of benzene rings is 1. The summed E-state index contributed by atoms with van der Waals surface area (Å²) in [6.07, 6.45) is 1.21. The zero-order valence-electron chi connectivity index (χ0n) is 12.2. The topological polar surface area (TPSA) is 12.5 Å². The van der Waals surface area contributed by atoms with Crippen LogP contribution in [0.3, 0.4) is 0 Å². The molecule has 1 saturated heterocycles. The average molecular weight is 247 g/mol. The van der Waals surface area contributed by atoms with Crippen molar-refractivity contribution in [3.8, 4) is 5.75 Å². The van der Waals surface area contributed by atoms with E-state index in [0.717, 1.165) is 12.3 Å². The van der Waals surface area contributed by atoms with Crippen LogP contribution < -0.4 is 4.74 Å². The molecular weight excluding hydrogens is 222 g/mol. The Morgan fingerprint density at radius 3 is 2.72 bits per heavy atom. The molecule has 3 unspecified atom stereocenters. The number of rotatable bonds is 2. The van der Waals surface area contributed by atoms with Crippen LogP contribution in [0.5, 0.6) is 5.75 Å². The molecule has 2 heteroatoms. The van der Waals surface area contributed by atoms with E-state index in [1.54, 1.807) is 7.11 Å². The van der Waals surface area contributed by atoms with Gasteiger partial charge in [-0.15, -0.1) is 0 Å². The molecule has 0 spiro atoms. The first-order valence-corrected chi connectivity index (χ1v) is 6.82. The number of nitrogens with zero attached hydrogens (tertiary/aromatic N) is 1. The van der Waals surface area contributed by atoms with Gasteiger partial charge in [0, 0.05) is 12.6 Å². The van der Waals surface area contributed by atoms with Gasteiger partial charge in [0.05, 0.1) is 7.11 Å². The maximum atomic E-state index is 5.36. The largest absolute Gasteiger partial charge is 0.497 e. The van der Waals surface area contributed by atoms with Crippen molar-refractivity contribution in [1.29, 1.82) is 0 Å². The van der Waals surface area contributed by atoms with Gasteiger partial charge in [-0.2, -0.15) is 0 Å². The summed E-state index contributed by atoms with van der Waals surface area (Å²) in [4.78, 5) is 2.46. The predicted molar refractivity (Wildman–Crippen MR) is 76.2 cm³/mol. The van der Waals surface area contributed by atoms with E-state index in [2.05, 4.69) is 50.9 Å². The highest BCUT2D eigenvalue weighted by molar-refractivity contribution is 5.34. The Morgan fingerprint density at radius 2 is 2.06 bits per heavy atom. The third-order valence-electron chi connectivity index (χ3n) is 4.85. The van der Waals surface area contributed by atoms with Gasteiger partial charge in [0.1, 0.15) is 5.75 Å². The quantitative estimate of drug-likeness (QED) is 0.795. The third kappa shape index (κ3) is 2.26. The van der Waals surface area contributed by atoms with Crippen LogP contribution in [0.1, 0.15) is 32.8 Å². The van der Waals surface area contributed by atoms with Gasteiger partial charge in [0.15, 0.2) is 0 Å². The highest BCUT2D eigenvalue weighted by Crippen LogP contribution is 2.42. The molecule has 1 fully saturated rings. The number of hydrogen-bond donors (Lipinski definition) is 0. The smallest absolute Gasteiger partial charge is 0.119 e. The molecule has 1 aromatic rings. The van der Waals surface area contributed by atoms with E-state index >= 15 is 0 Å². The Bertz CT molecular complexity index is 417. The van der Waals surface area contributed by atoms with E-state index in [1.165, 1.54) is 12.0 Å². The van der Waals surface area contributed by atoms with Gasteiger partial charge in [-0.05, 0) is 49.4 Å². The van der Waals surface area contributed by atoms with Crippen LogP contribution in [0.25, 0.3) is 0 Å². The minimum atomic E-state index is 0.250. The van der Waals surface area contributed by atoms with Gasteiger partial charge < -0.3 is 9.64 Å². The molecule has 2 nitrogen and oxygen atoms in total. The molecule has 100 valence electrons. The molecule has 1 aromatic carbocycles. The van der Waals surface area contributed by atoms with Gasteiger partial charge >= 0.3 is 0 Å². The van der Waals surface area contributed by atoms with Gasteiger partial charge in [-0.3, -0.25) is 0 Å². The van der Waals surface area contributed by atoms with E-state index in [9.17, 15) is 0 Å². The maximum Gasteiger partial charge on any atom is 0.119 e. The number of hydrogen-bond acceptors (Lipinski definition) is 2. The van der Waals surface area contributed by atoms with Crippen LogP contribution in [0, 0.1) is 5.92 Å². The summed E-state index contributed by atoms with van der Waals surface area (Å²) in [6, 6.07) is 9.22. The summed E-state index contributed by atoms with van der Waals surface area (Å²) < 4.78 is 5.36. The summed E-state index contributed by atoms with van der Waals surface area (Å²) in [5.74, 6) is 1.62. The lowest BCUT2D eigenvalue weighted by atomic mass is 9.66. The van der Waals surface area contributed by atoms with Crippen molar-refractivity contribution < 1.29 is 4.74 Å². The normalized spacial score (nSPS) is 33.4. The second-order valence-corrected chi connectivity index (χ2v) is 6.04. The maximum absolute atomic E-state index is 5.36. The molecule has 1 heterocycles. The van der Waals surface area contributed by atoms with Crippen LogP contribution in [-0.4, -0.2) is 31.6 Å². The van der Waals surface area contributed by atoms with E-state index in [4.69, 9.17) is 4.74 Å². The highest BCUT2D eigenvalue weighted by atomic mass is 16.5. The fourth-order valence-corrected chi connectivity index (χ4v) is 3.16. The predicted octanol–water partition coefficient (Wildman–Crippen LogP) is 3.31. The van der Waals surface area contributed by atoms with Crippen molar-refractivity contribution >= 4 is 0 Å². The van der Waals surface area contributed by atoms with Crippen molar-refractivity contribution in [3.63, 3.8) is 0 Å². The zero-order valence-corrected chi connectivity index (χ0v) is 12.2. The molecular formula is C16H25NO. The van der Waals surface area contributed by atoms with Crippen molar-refractivity contribution in [2.75, 3.05) is 20.7 Å². The Kier molecular flexibility index (Phi) is 3.67. The van der Waals surface area contributed by atoms with Crippen molar-refractivity contribution in [3.05, 3.63) is 29.8 Å². The summed E-state index contributed by atoms with van der Waals surface area (Å²) in [6.45, 7) is 8.25. The van der Waals surface area contributed by atoms with E-state index in [1.807, 2.05) is 6.07 Å². The fraction of sp³-hybridized carbons (Fsp3) is 0.625. The van der Waals surface area contributed by atoms with Crippen molar-refractivity contribution in [2.45, 2.75) is 38.6 Å². The van der Waals surface area contributed by atoms with Crippen LogP contribution in [0.15, 0.2) is 24.3 Å². The van der Waals surface area contributed by atoms with Crippen molar-refractivity contribution in [1.82, 2.24) is 4.90 Å². The Morgan fingerprint density at radius 1 is 1.33 bits per heavy atom. The minimum absolute atomic E-state index is 0.250. The van der Waals surface area contributed by atoms with Crippen molar-refractivity contribution in [2.24, 2.45) is 5.92 Å². The molecule has 1 aliphatic rings. The molecule has 3 atom stereocenters. The summed E-state index contributed by atoms with van der Waals surface area (Å²) in [7, 11) is 3.97. The van der Waals surface area contributed by atoms with Crippen LogP contribution in [-0.2, 0) is 5.41 Å². The van der Waals surface area contributed by atoms with Gasteiger partial charge in [0.2, 0.25) is 0 Å². The first-order chi connectivity index (χ1) is 8.47. The molecule has 0 bridgehead atoms. The Hall–Kier alpha value is -1.02. The molecule has 0 aliphatic carbocycles. The summed E-state index contributed by atoms with van der Waals surface area (Å²) >= 11 is 0. The molecule has 0 aromatic heterocycles. The van der Waals surface area contributed by atoms with Crippen LogP contribution in [0.4, 0.5) is 0 Å². The molecule has 0 saturated carbocycles. The second-order valence-electron chi connectivity index (χ2n) is 6.04. The summed E-state index contributed by atoms with van der Waals surface area (Å²) in [5, 5.41) is 0. The number of likely N-dealkylation sites (tertiary alicyclic amines) is 1. The molecule has 1 aliphatic heterocycles. The molecule has 2 rings (SSSR count). The lowest BCUT2D eigenvalue weighted by molar-refractivity contribution is 0.0852. The third-order valence-corrected chi connectivity index (χ3v) is 4.85. The van der Waals surface area contributed by atoms with Gasteiger partial charge in [-0.1, -0.05) is 26.0 Å². The van der Waals surface area contributed by atoms with Gasteiger partial charge in [0.25, 0.3) is 0 Å². The monoisotopic (exact) mass is 247 g/mol. The lowest BCUT2D eigenvalue weighted by Crippen LogP contribution is -2.50. The molecule has 18 heavy (non-hydrogen) atoms. The Balaban J connectivity index is 2.34. The minimum Gasteiger partial charge on any atom is -0.497 e. The molecule has 0 radical (unpaired) electrons. The molecule has 0 amide bonds. The van der Waals surface area contributed by atoms with E-state index in [-0.39, 0.29) is 5.41 Å². The lowest BCUT2D eigenvalue weighted by Gasteiger charge is -2.47. The number of piperidine rings is 1. The van der Waals surface area contributed by atoms with Gasteiger partial charge in [-0.25, -0.2) is 0 Å². The molecule has 0 N–H and O–H groups in total. The highest BCUT2D eigenvalue weighted by Gasteiger charge is 2.40. The first-order valence-electron chi connectivity index (χ1n) is 6.82. The SMILES string of the molecule is COc1cccc(C2(C)CC(C)N(C)CC2C)c1. The zero-order chi connectivity index (χ0) is 13.3.